The van der Waals surface area contributed by atoms with Crippen LogP contribution in [-0.4, -0.2) is 21.1 Å². The molecule has 3 rings (SSSR count). The Bertz CT molecular complexity index is 1080. The van der Waals surface area contributed by atoms with Gasteiger partial charge < -0.3 is 5.32 Å². The quantitative estimate of drug-likeness (QED) is 0.685. The second kappa shape index (κ2) is 8.69. The molecule has 0 radical (unpaired) electrons. The molecule has 6 heteroatoms. The van der Waals surface area contributed by atoms with Gasteiger partial charge in [0, 0.05) is 12.6 Å². The fraction of sp³-hybridized carbons (Fsp3) is 0.318. The maximum absolute atomic E-state index is 12.7. The Morgan fingerprint density at radius 2 is 1.68 bits per heavy atom. The molecule has 1 N–H and O–H groups in total. The summed E-state index contributed by atoms with van der Waals surface area (Å²) in [6, 6.07) is 17.0. The zero-order chi connectivity index (χ0) is 20.1. The largest absolute Gasteiger partial charge is 0.352 e. The van der Waals surface area contributed by atoms with E-state index in [2.05, 4.69) is 17.4 Å². The van der Waals surface area contributed by atoms with Gasteiger partial charge in [0.1, 0.15) is 6.54 Å². The minimum atomic E-state index is -0.460. The monoisotopic (exact) mass is 379 g/mol. The summed E-state index contributed by atoms with van der Waals surface area (Å²) in [5.74, 6) is -0.242. The predicted octanol–water partition coefficient (Wildman–Crippen LogP) is 2.32. The van der Waals surface area contributed by atoms with Gasteiger partial charge in [0.05, 0.1) is 10.9 Å². The first-order chi connectivity index (χ1) is 13.5. The summed E-state index contributed by atoms with van der Waals surface area (Å²) in [6.07, 6.45) is 1.67. The van der Waals surface area contributed by atoms with Gasteiger partial charge in [-0.2, -0.15) is 0 Å². The molecule has 146 valence electrons. The Kier molecular flexibility index (Phi) is 6.09. The van der Waals surface area contributed by atoms with Crippen molar-refractivity contribution in [3.63, 3.8) is 0 Å². The number of nitrogens with zero attached hydrogens (tertiary/aromatic N) is 2. The Balaban J connectivity index is 1.76. The summed E-state index contributed by atoms with van der Waals surface area (Å²) < 4.78 is 2.54. The number of amides is 1. The van der Waals surface area contributed by atoms with Gasteiger partial charge in [-0.1, -0.05) is 42.5 Å². The normalized spacial score (nSPS) is 12.1. The molecule has 2 aromatic carbocycles. The van der Waals surface area contributed by atoms with Gasteiger partial charge in [0.2, 0.25) is 5.91 Å². The molecule has 6 nitrogen and oxygen atoms in total. The lowest BCUT2D eigenvalue weighted by molar-refractivity contribution is -0.122. The van der Waals surface area contributed by atoms with Crippen LogP contribution in [0.3, 0.4) is 0 Å². The number of carbonyl (C=O) groups excluding carboxylic acids is 1. The minimum absolute atomic E-state index is 0.0215. The van der Waals surface area contributed by atoms with Crippen molar-refractivity contribution in [1.82, 2.24) is 14.5 Å². The van der Waals surface area contributed by atoms with Crippen LogP contribution in [0.4, 0.5) is 0 Å². The van der Waals surface area contributed by atoms with Crippen molar-refractivity contribution in [2.75, 3.05) is 0 Å². The highest BCUT2D eigenvalue weighted by molar-refractivity contribution is 5.81. The van der Waals surface area contributed by atoms with Crippen LogP contribution >= 0.6 is 0 Å². The number of fused-ring (bicyclic) bond motifs is 1. The van der Waals surface area contributed by atoms with Gasteiger partial charge in [0.15, 0.2) is 0 Å². The SMILES string of the molecule is CCn1c(=O)c2ccccc2n(CC(=O)N[C@@H](C)CCc2ccccc2)c1=O. The molecule has 0 saturated carbocycles. The highest BCUT2D eigenvalue weighted by Gasteiger charge is 2.15. The lowest BCUT2D eigenvalue weighted by Crippen LogP contribution is -2.43. The van der Waals surface area contributed by atoms with Crippen LogP contribution < -0.4 is 16.6 Å². The first-order valence-corrected chi connectivity index (χ1v) is 9.57. The molecule has 0 saturated heterocycles. The number of carbonyl (C=O) groups is 1. The van der Waals surface area contributed by atoms with Crippen LogP contribution in [0, 0.1) is 0 Å². The van der Waals surface area contributed by atoms with Gasteiger partial charge >= 0.3 is 5.69 Å². The van der Waals surface area contributed by atoms with E-state index in [1.54, 1.807) is 31.2 Å². The molecule has 28 heavy (non-hydrogen) atoms. The van der Waals surface area contributed by atoms with Crippen molar-refractivity contribution >= 4 is 16.8 Å². The summed E-state index contributed by atoms with van der Waals surface area (Å²) in [6.45, 7) is 3.84. The molecule has 1 heterocycles. The van der Waals surface area contributed by atoms with E-state index in [1.165, 1.54) is 10.1 Å². The van der Waals surface area contributed by atoms with E-state index in [9.17, 15) is 14.4 Å². The van der Waals surface area contributed by atoms with E-state index in [4.69, 9.17) is 0 Å². The second-order valence-electron chi connectivity index (χ2n) is 6.93. The minimum Gasteiger partial charge on any atom is -0.352 e. The predicted molar refractivity (Wildman–Crippen MR) is 111 cm³/mol. The molecule has 1 atom stereocenters. The molecule has 0 fully saturated rings. The summed E-state index contributed by atoms with van der Waals surface area (Å²) in [4.78, 5) is 37.7. The van der Waals surface area contributed by atoms with Crippen molar-refractivity contribution in [1.29, 1.82) is 0 Å². The standard InChI is InChI=1S/C22H25N3O3/c1-3-24-21(27)18-11-7-8-12-19(18)25(22(24)28)15-20(26)23-16(2)13-14-17-9-5-4-6-10-17/h4-12,16H,3,13-15H2,1-2H3,(H,23,26)/t16-/m0/s1. The first kappa shape index (κ1) is 19.6. The maximum Gasteiger partial charge on any atom is 0.331 e. The molecule has 1 amide bonds. The third-order valence-electron chi connectivity index (χ3n) is 4.87. The number of aryl methyl sites for hydroxylation is 1. The van der Waals surface area contributed by atoms with Crippen LogP contribution in [0.15, 0.2) is 64.2 Å². The summed E-state index contributed by atoms with van der Waals surface area (Å²) in [7, 11) is 0. The summed E-state index contributed by atoms with van der Waals surface area (Å²) in [5, 5.41) is 3.40. The zero-order valence-corrected chi connectivity index (χ0v) is 16.2. The number of hydrogen-bond acceptors (Lipinski definition) is 3. The van der Waals surface area contributed by atoms with Crippen LogP contribution in [0.1, 0.15) is 25.8 Å². The molecule has 0 aliphatic rings. The smallest absolute Gasteiger partial charge is 0.331 e. The molecule has 0 spiro atoms. The Morgan fingerprint density at radius 3 is 2.39 bits per heavy atom. The average molecular weight is 379 g/mol. The van der Waals surface area contributed by atoms with E-state index in [0.717, 1.165) is 17.4 Å². The second-order valence-corrected chi connectivity index (χ2v) is 6.93. The summed E-state index contributed by atoms with van der Waals surface area (Å²) >= 11 is 0. The molecule has 3 aromatic rings. The van der Waals surface area contributed by atoms with Crippen LogP contribution in [-0.2, 0) is 24.3 Å². The van der Waals surface area contributed by atoms with Gasteiger partial charge in [-0.15, -0.1) is 0 Å². The van der Waals surface area contributed by atoms with E-state index < -0.39 is 5.69 Å². The van der Waals surface area contributed by atoms with Crippen LogP contribution in [0.25, 0.3) is 10.9 Å². The zero-order valence-electron chi connectivity index (χ0n) is 16.2. The van der Waals surface area contributed by atoms with Gasteiger partial charge in [-0.25, -0.2) is 4.79 Å². The van der Waals surface area contributed by atoms with Gasteiger partial charge in [-0.05, 0) is 44.4 Å². The number of rotatable bonds is 7. The molecule has 0 aliphatic carbocycles. The fourth-order valence-corrected chi connectivity index (χ4v) is 3.37. The Labute approximate surface area is 163 Å². The van der Waals surface area contributed by atoms with Crippen molar-refractivity contribution in [2.24, 2.45) is 0 Å². The number of para-hydroxylation sites is 1. The van der Waals surface area contributed by atoms with Crippen molar-refractivity contribution in [2.45, 2.75) is 45.8 Å². The van der Waals surface area contributed by atoms with Gasteiger partial charge in [0.25, 0.3) is 5.56 Å². The maximum atomic E-state index is 12.7. The lowest BCUT2D eigenvalue weighted by atomic mass is 10.1. The number of hydrogen-bond donors (Lipinski definition) is 1. The number of nitrogens with one attached hydrogen (secondary N) is 1. The first-order valence-electron chi connectivity index (χ1n) is 9.57. The van der Waals surface area contributed by atoms with Crippen LogP contribution in [0.5, 0.6) is 0 Å². The highest BCUT2D eigenvalue weighted by atomic mass is 16.2. The van der Waals surface area contributed by atoms with Crippen LogP contribution in [0.2, 0.25) is 0 Å². The van der Waals surface area contributed by atoms with E-state index in [0.29, 0.717) is 10.9 Å². The topological polar surface area (TPSA) is 73.1 Å². The van der Waals surface area contributed by atoms with Crippen molar-refractivity contribution < 1.29 is 4.79 Å². The third-order valence-corrected chi connectivity index (χ3v) is 4.87. The Hall–Kier alpha value is -3.15. The third kappa shape index (κ3) is 4.22. The lowest BCUT2D eigenvalue weighted by Gasteiger charge is -2.16. The van der Waals surface area contributed by atoms with Crippen molar-refractivity contribution in [3.05, 3.63) is 81.0 Å². The number of benzene rings is 2. The Morgan fingerprint density at radius 1 is 1.00 bits per heavy atom. The molecule has 0 bridgehead atoms. The molecule has 1 aromatic heterocycles. The van der Waals surface area contributed by atoms with Gasteiger partial charge in [-0.3, -0.25) is 18.7 Å². The molecule has 0 aliphatic heterocycles. The molecule has 0 unspecified atom stereocenters. The fourth-order valence-electron chi connectivity index (χ4n) is 3.37. The van der Waals surface area contributed by atoms with Crippen molar-refractivity contribution in [3.8, 4) is 0 Å². The number of aromatic nitrogens is 2. The van der Waals surface area contributed by atoms with E-state index >= 15 is 0 Å². The summed E-state index contributed by atoms with van der Waals surface area (Å²) in [5.41, 5.74) is 0.921. The average Bonchev–Trinajstić information content (AvgIpc) is 2.71. The molecular formula is C22H25N3O3. The molecular weight excluding hydrogens is 354 g/mol. The van der Waals surface area contributed by atoms with E-state index in [1.807, 2.05) is 25.1 Å². The van der Waals surface area contributed by atoms with E-state index in [-0.39, 0.29) is 30.6 Å². The highest BCUT2D eigenvalue weighted by Crippen LogP contribution is 2.08.